The number of rotatable bonds is 8. The fourth-order valence-electron chi connectivity index (χ4n) is 4.91. The van der Waals surface area contributed by atoms with Crippen LogP contribution in [0.2, 0.25) is 0 Å². The summed E-state index contributed by atoms with van der Waals surface area (Å²) < 4.78 is 8.00. The lowest BCUT2D eigenvalue weighted by Gasteiger charge is -2.19. The molecular weight excluding hydrogens is 438 g/mol. The minimum absolute atomic E-state index is 0.0222. The molecule has 1 aromatic heterocycles. The standard InChI is InChI=1S/C29H31N3O3/c1-20-12-13-27(21(2)14-20)35-19-24(33)18-32-26-11-7-6-10-25(26)30-29(32)23-15-28(34)31(17-23)16-22-8-4-3-5-9-22/h3-14,23-24,33H,15-19H2,1-2H3/t23-,24-/m1/s1. The SMILES string of the molecule is Cc1ccc(OC[C@H](O)Cn2c([C@@H]3CC(=O)N(Cc4ccccc4)C3)nc3ccccc32)c(C)c1. The van der Waals surface area contributed by atoms with Crippen LogP contribution in [0.25, 0.3) is 11.0 Å². The summed E-state index contributed by atoms with van der Waals surface area (Å²) in [6.07, 6.45) is -0.296. The minimum atomic E-state index is -0.718. The van der Waals surface area contributed by atoms with E-state index in [1.54, 1.807) is 0 Å². The van der Waals surface area contributed by atoms with Crippen molar-refractivity contribution in [1.29, 1.82) is 0 Å². The van der Waals surface area contributed by atoms with Crippen LogP contribution in [0.4, 0.5) is 0 Å². The van der Waals surface area contributed by atoms with Gasteiger partial charge in [-0.15, -0.1) is 0 Å². The zero-order valence-corrected chi connectivity index (χ0v) is 20.2. The van der Waals surface area contributed by atoms with Crippen molar-refractivity contribution >= 4 is 16.9 Å². The minimum Gasteiger partial charge on any atom is -0.491 e. The van der Waals surface area contributed by atoms with Gasteiger partial charge in [0.2, 0.25) is 5.91 Å². The summed E-state index contributed by atoms with van der Waals surface area (Å²) in [5, 5.41) is 10.9. The van der Waals surface area contributed by atoms with E-state index in [0.29, 0.717) is 26.1 Å². The molecular formula is C29H31N3O3. The van der Waals surface area contributed by atoms with E-state index in [2.05, 4.69) is 10.6 Å². The molecule has 0 spiro atoms. The van der Waals surface area contributed by atoms with E-state index in [9.17, 15) is 9.90 Å². The van der Waals surface area contributed by atoms with E-state index in [0.717, 1.165) is 33.7 Å². The Hall–Kier alpha value is -3.64. The predicted octanol–water partition coefficient (Wildman–Crippen LogP) is 4.61. The number of benzene rings is 3. The monoisotopic (exact) mass is 469 g/mol. The Kier molecular flexibility index (Phi) is 6.55. The normalized spacial score (nSPS) is 16.7. The Morgan fingerprint density at radius 3 is 2.63 bits per heavy atom. The molecule has 1 aliphatic heterocycles. The predicted molar refractivity (Wildman–Crippen MR) is 136 cm³/mol. The van der Waals surface area contributed by atoms with E-state index < -0.39 is 6.10 Å². The maximum Gasteiger partial charge on any atom is 0.223 e. The smallest absolute Gasteiger partial charge is 0.223 e. The van der Waals surface area contributed by atoms with Crippen LogP contribution in [0.5, 0.6) is 5.75 Å². The van der Waals surface area contributed by atoms with Crippen molar-refractivity contribution in [3.63, 3.8) is 0 Å². The first-order valence-corrected chi connectivity index (χ1v) is 12.1. The molecule has 2 atom stereocenters. The van der Waals surface area contributed by atoms with Gasteiger partial charge in [0, 0.05) is 25.4 Å². The highest BCUT2D eigenvalue weighted by molar-refractivity contribution is 5.81. The molecule has 5 rings (SSSR count). The molecule has 0 radical (unpaired) electrons. The average Bonchev–Trinajstić information content (AvgIpc) is 3.39. The van der Waals surface area contributed by atoms with Crippen LogP contribution >= 0.6 is 0 Å². The number of carbonyl (C=O) groups excluding carboxylic acids is 1. The van der Waals surface area contributed by atoms with E-state index in [4.69, 9.17) is 9.72 Å². The lowest BCUT2D eigenvalue weighted by molar-refractivity contribution is -0.128. The topological polar surface area (TPSA) is 67.6 Å². The number of hydrogen-bond acceptors (Lipinski definition) is 4. The van der Waals surface area contributed by atoms with Gasteiger partial charge in [0.1, 0.15) is 24.3 Å². The molecule has 1 aliphatic rings. The highest BCUT2D eigenvalue weighted by Gasteiger charge is 2.34. The Balaban J connectivity index is 1.34. The summed E-state index contributed by atoms with van der Waals surface area (Å²) in [7, 11) is 0. The number of fused-ring (bicyclic) bond motifs is 1. The fraction of sp³-hybridized carbons (Fsp3) is 0.310. The number of aryl methyl sites for hydroxylation is 2. The van der Waals surface area contributed by atoms with Gasteiger partial charge in [0.25, 0.3) is 0 Å². The van der Waals surface area contributed by atoms with Gasteiger partial charge in [0.15, 0.2) is 0 Å². The first kappa shape index (κ1) is 23.1. The van der Waals surface area contributed by atoms with Gasteiger partial charge in [-0.2, -0.15) is 0 Å². The maximum absolute atomic E-state index is 12.8. The molecule has 0 aliphatic carbocycles. The van der Waals surface area contributed by atoms with Crippen molar-refractivity contribution < 1.29 is 14.6 Å². The third kappa shape index (κ3) is 5.08. The molecule has 4 aromatic rings. The summed E-state index contributed by atoms with van der Waals surface area (Å²) >= 11 is 0. The third-order valence-electron chi connectivity index (χ3n) is 6.63. The van der Waals surface area contributed by atoms with E-state index in [-0.39, 0.29) is 18.4 Å². The number of para-hydroxylation sites is 2. The Morgan fingerprint density at radius 1 is 1.06 bits per heavy atom. The Bertz CT molecular complexity index is 1330. The average molecular weight is 470 g/mol. The van der Waals surface area contributed by atoms with Crippen molar-refractivity contribution in [3.05, 3.63) is 95.3 Å². The first-order valence-electron chi connectivity index (χ1n) is 12.1. The largest absolute Gasteiger partial charge is 0.491 e. The van der Waals surface area contributed by atoms with Crippen molar-refractivity contribution in [2.75, 3.05) is 13.2 Å². The van der Waals surface area contributed by atoms with Crippen LogP contribution in [0, 0.1) is 13.8 Å². The second-order valence-corrected chi connectivity index (χ2v) is 9.46. The molecule has 0 saturated carbocycles. The number of ether oxygens (including phenoxy) is 1. The summed E-state index contributed by atoms with van der Waals surface area (Å²) in [5.41, 5.74) is 5.18. The molecule has 1 N–H and O–H groups in total. The second-order valence-electron chi connectivity index (χ2n) is 9.46. The van der Waals surface area contributed by atoms with Crippen LogP contribution < -0.4 is 4.74 Å². The van der Waals surface area contributed by atoms with Gasteiger partial charge in [0.05, 0.1) is 17.6 Å². The van der Waals surface area contributed by atoms with E-state index in [1.165, 1.54) is 5.56 Å². The van der Waals surface area contributed by atoms with Crippen molar-refractivity contribution in [3.8, 4) is 5.75 Å². The number of aliphatic hydroxyl groups excluding tert-OH is 1. The van der Waals surface area contributed by atoms with Gasteiger partial charge in [-0.3, -0.25) is 4.79 Å². The third-order valence-corrected chi connectivity index (χ3v) is 6.63. The van der Waals surface area contributed by atoms with Crippen LogP contribution in [-0.2, 0) is 17.9 Å². The quantitative estimate of drug-likeness (QED) is 0.409. The number of hydrogen-bond donors (Lipinski definition) is 1. The van der Waals surface area contributed by atoms with Crippen molar-refractivity contribution in [2.45, 2.75) is 45.4 Å². The molecule has 180 valence electrons. The number of aromatic nitrogens is 2. The Labute approximate surface area is 205 Å². The zero-order valence-electron chi connectivity index (χ0n) is 20.2. The summed E-state index contributed by atoms with van der Waals surface area (Å²) in [4.78, 5) is 19.6. The number of likely N-dealkylation sites (tertiary alicyclic amines) is 1. The number of imidazole rings is 1. The lowest BCUT2D eigenvalue weighted by atomic mass is 10.1. The molecule has 35 heavy (non-hydrogen) atoms. The Morgan fingerprint density at radius 2 is 1.83 bits per heavy atom. The molecule has 6 heteroatoms. The van der Waals surface area contributed by atoms with Crippen LogP contribution in [0.1, 0.15) is 34.9 Å². The molecule has 0 bridgehead atoms. The van der Waals surface area contributed by atoms with Crippen LogP contribution in [0.15, 0.2) is 72.8 Å². The fourth-order valence-corrected chi connectivity index (χ4v) is 4.91. The van der Waals surface area contributed by atoms with Gasteiger partial charge in [-0.1, -0.05) is 60.2 Å². The number of carbonyl (C=O) groups is 1. The lowest BCUT2D eigenvalue weighted by Crippen LogP contribution is -2.26. The van der Waals surface area contributed by atoms with Crippen LogP contribution in [-0.4, -0.2) is 44.7 Å². The molecule has 3 aromatic carbocycles. The van der Waals surface area contributed by atoms with E-state index >= 15 is 0 Å². The number of aliphatic hydroxyl groups is 1. The molecule has 6 nitrogen and oxygen atoms in total. The maximum atomic E-state index is 12.8. The first-order chi connectivity index (χ1) is 17.0. The summed E-state index contributed by atoms with van der Waals surface area (Å²) in [5.74, 6) is 1.74. The summed E-state index contributed by atoms with van der Waals surface area (Å²) in [6, 6.07) is 24.0. The van der Waals surface area contributed by atoms with Gasteiger partial charge < -0.3 is 19.3 Å². The molecule has 1 fully saturated rings. The number of amides is 1. The van der Waals surface area contributed by atoms with Gasteiger partial charge >= 0.3 is 0 Å². The summed E-state index contributed by atoms with van der Waals surface area (Å²) in [6.45, 7) is 5.80. The van der Waals surface area contributed by atoms with Gasteiger partial charge in [-0.25, -0.2) is 4.98 Å². The molecule has 2 heterocycles. The zero-order chi connectivity index (χ0) is 24.4. The molecule has 1 saturated heterocycles. The molecule has 0 unspecified atom stereocenters. The number of nitrogens with zero attached hydrogens (tertiary/aromatic N) is 3. The highest BCUT2D eigenvalue weighted by Crippen LogP contribution is 2.31. The molecule has 1 amide bonds. The van der Waals surface area contributed by atoms with Crippen molar-refractivity contribution in [1.82, 2.24) is 14.5 Å². The van der Waals surface area contributed by atoms with Gasteiger partial charge in [-0.05, 0) is 43.2 Å². The second kappa shape index (κ2) is 9.92. The highest BCUT2D eigenvalue weighted by atomic mass is 16.5. The van der Waals surface area contributed by atoms with E-state index in [1.807, 2.05) is 85.5 Å². The van der Waals surface area contributed by atoms with Crippen LogP contribution in [0.3, 0.4) is 0 Å². The van der Waals surface area contributed by atoms with Crippen molar-refractivity contribution in [2.24, 2.45) is 0 Å².